The van der Waals surface area contributed by atoms with E-state index in [0.717, 1.165) is 60.4 Å². The van der Waals surface area contributed by atoms with Crippen molar-refractivity contribution in [2.24, 2.45) is 5.11 Å². The predicted molar refractivity (Wildman–Crippen MR) is 199 cm³/mol. The average molecular weight is 690 g/mol. The third-order valence-electron chi connectivity index (χ3n) is 6.29. The van der Waals surface area contributed by atoms with Crippen LogP contribution in [0.3, 0.4) is 0 Å². The minimum absolute atomic E-state index is 0. The van der Waals surface area contributed by atoms with Crippen LogP contribution in [-0.4, -0.2) is 41.5 Å². The molecule has 5 rings (SSSR count). The van der Waals surface area contributed by atoms with Crippen LogP contribution in [0, 0.1) is 12.3 Å². The molecule has 0 amide bonds. The number of anilines is 2. The van der Waals surface area contributed by atoms with Crippen molar-refractivity contribution in [3.05, 3.63) is 129 Å². The molecule has 252 valence electrons. The Morgan fingerprint density at radius 3 is 1.92 bits per heavy atom. The van der Waals surface area contributed by atoms with Crippen molar-refractivity contribution in [2.75, 3.05) is 18.0 Å². The number of aryl methyl sites for hydroxylation is 3. The van der Waals surface area contributed by atoms with E-state index in [-0.39, 0.29) is 24.8 Å². The number of nitrogens with zero attached hydrogens (tertiary/aromatic N) is 8. The highest BCUT2D eigenvalue weighted by Crippen LogP contribution is 2.09. The van der Waals surface area contributed by atoms with E-state index in [4.69, 9.17) is 23.4 Å². The zero-order valence-electron chi connectivity index (χ0n) is 27.0. The number of aromatic amines is 2. The van der Waals surface area contributed by atoms with Crippen molar-refractivity contribution >= 4 is 48.9 Å². The van der Waals surface area contributed by atoms with Gasteiger partial charge in [-0.1, -0.05) is 94.3 Å². The molecule has 0 atom stereocenters. The lowest BCUT2D eigenvalue weighted by molar-refractivity contribution is 0.643. The molecule has 14 heteroatoms. The molecule has 0 saturated heterocycles. The van der Waals surface area contributed by atoms with E-state index in [9.17, 15) is 0 Å². The Hall–Kier alpha value is -5.47. The zero-order chi connectivity index (χ0) is 33.0. The van der Waals surface area contributed by atoms with E-state index < -0.39 is 0 Å². The quantitative estimate of drug-likeness (QED) is 0.0488. The lowest BCUT2D eigenvalue weighted by atomic mass is 10.1. The second-order valence-electron chi connectivity index (χ2n) is 10.4. The Morgan fingerprint density at radius 2 is 1.42 bits per heavy atom. The number of nitrogen functional groups attached to an aromatic ring is 2. The normalized spacial score (nSPS) is 10.4. The van der Waals surface area contributed by atoms with Gasteiger partial charge in [0.1, 0.15) is 0 Å². The molecule has 12 nitrogen and oxygen atoms in total. The van der Waals surface area contributed by atoms with Gasteiger partial charge in [0.2, 0.25) is 0 Å². The van der Waals surface area contributed by atoms with E-state index in [0.29, 0.717) is 18.4 Å². The van der Waals surface area contributed by atoms with Gasteiger partial charge in [0.05, 0.1) is 24.6 Å². The molecule has 0 bridgehead atoms. The summed E-state index contributed by atoms with van der Waals surface area (Å²) in [5.41, 5.74) is 26.6. The van der Waals surface area contributed by atoms with Gasteiger partial charge in [-0.05, 0) is 43.3 Å². The molecular formula is C34H42Cl2N12. The van der Waals surface area contributed by atoms with E-state index in [2.05, 4.69) is 71.3 Å². The van der Waals surface area contributed by atoms with Crippen LogP contribution >= 0.6 is 24.8 Å². The number of imidazole rings is 2. The Bertz CT molecular complexity index is 1760. The second kappa shape index (κ2) is 22.9. The molecule has 5 aromatic rings. The van der Waals surface area contributed by atoms with Gasteiger partial charge in [-0.15, -0.1) is 42.3 Å². The lowest BCUT2D eigenvalue weighted by Gasteiger charge is -2.01. The monoisotopic (exact) mass is 688 g/mol. The SMILES string of the molecule is C#CCCc1cnc(N)[nH]1.C/C(=C\c1ccccc1)CN=[N+]=[N-].C/C(=C\c1ccccc1)Cn1cc(CCc2cnc(N)[nH]2)nn1.Cl.Cl. The summed E-state index contributed by atoms with van der Waals surface area (Å²) in [5, 5.41) is 11.9. The number of aromatic nitrogens is 7. The van der Waals surface area contributed by atoms with Crippen LogP contribution in [0.2, 0.25) is 0 Å². The maximum absolute atomic E-state index is 8.11. The minimum Gasteiger partial charge on any atom is -0.369 e. The first kappa shape index (κ1) is 40.6. The van der Waals surface area contributed by atoms with Gasteiger partial charge in [0.15, 0.2) is 11.9 Å². The van der Waals surface area contributed by atoms with Gasteiger partial charge >= 0.3 is 0 Å². The number of hydrogen-bond donors (Lipinski definition) is 4. The van der Waals surface area contributed by atoms with E-state index in [1.165, 1.54) is 11.1 Å². The number of halogens is 2. The fraction of sp³-hybridized carbons (Fsp3) is 0.235. The molecule has 6 N–H and O–H groups in total. The number of rotatable bonds is 11. The first-order chi connectivity index (χ1) is 22.3. The maximum atomic E-state index is 8.11. The molecule has 0 saturated carbocycles. The van der Waals surface area contributed by atoms with E-state index in [1.807, 2.05) is 72.4 Å². The van der Waals surface area contributed by atoms with Gasteiger partial charge in [0.25, 0.3) is 0 Å². The van der Waals surface area contributed by atoms with Crippen molar-refractivity contribution < 1.29 is 0 Å². The predicted octanol–water partition coefficient (Wildman–Crippen LogP) is 7.27. The van der Waals surface area contributed by atoms with Crippen LogP contribution in [0.15, 0.2) is 95.5 Å². The summed E-state index contributed by atoms with van der Waals surface area (Å²) in [6.45, 7) is 5.22. The standard InChI is InChI=1S/C17H20N6.C10H11N3.C7H9N3.2ClH/c1-13(9-14-5-3-2-4-6-14)11-23-12-16(21-22-23)8-7-15-10-19-17(18)20-15;1-9(8-12-13-11)7-10-5-3-2-4-6-10;1-2-3-4-6-5-9-7(8)10-6;;/h2-6,9-10,12H,7-8,11H2,1H3,(H3,18,19,20);2-7H,8H2,1H3;1,5H,3-4H2,(H3,8,9,10);2*1H/b13-9+;9-7+;;;. The Balaban J connectivity index is 0.000000392. The van der Waals surface area contributed by atoms with Gasteiger partial charge < -0.3 is 21.4 Å². The molecule has 0 spiro atoms. The van der Waals surface area contributed by atoms with Crippen LogP contribution in [0.5, 0.6) is 0 Å². The molecule has 0 aliphatic rings. The van der Waals surface area contributed by atoms with Crippen LogP contribution in [-0.2, 0) is 25.8 Å². The van der Waals surface area contributed by atoms with E-state index >= 15 is 0 Å². The largest absolute Gasteiger partial charge is 0.369 e. The third kappa shape index (κ3) is 16.2. The van der Waals surface area contributed by atoms with Crippen LogP contribution in [0.1, 0.15) is 48.5 Å². The summed E-state index contributed by atoms with van der Waals surface area (Å²) >= 11 is 0. The topological polar surface area (TPSA) is 189 Å². The summed E-state index contributed by atoms with van der Waals surface area (Å²) < 4.78 is 1.87. The van der Waals surface area contributed by atoms with Crippen molar-refractivity contribution in [3.8, 4) is 12.3 Å². The Morgan fingerprint density at radius 1 is 0.875 bits per heavy atom. The number of hydrogen-bond acceptors (Lipinski definition) is 7. The third-order valence-corrected chi connectivity index (χ3v) is 6.29. The van der Waals surface area contributed by atoms with Crippen molar-refractivity contribution in [1.29, 1.82) is 0 Å². The number of benzene rings is 2. The summed E-state index contributed by atoms with van der Waals surface area (Å²) in [6.07, 6.45) is 17.9. The highest BCUT2D eigenvalue weighted by Gasteiger charge is 2.04. The van der Waals surface area contributed by atoms with Crippen molar-refractivity contribution in [3.63, 3.8) is 0 Å². The average Bonchev–Trinajstić information content (AvgIpc) is 3.80. The summed E-state index contributed by atoms with van der Waals surface area (Å²) in [7, 11) is 0. The van der Waals surface area contributed by atoms with Crippen LogP contribution in [0.25, 0.3) is 22.6 Å². The lowest BCUT2D eigenvalue weighted by Crippen LogP contribution is -1.99. The summed E-state index contributed by atoms with van der Waals surface area (Å²) in [5.74, 6) is 3.44. The van der Waals surface area contributed by atoms with Gasteiger partial charge in [-0.3, -0.25) is 0 Å². The van der Waals surface area contributed by atoms with Crippen molar-refractivity contribution in [2.45, 2.75) is 46.1 Å². The molecule has 48 heavy (non-hydrogen) atoms. The molecular weight excluding hydrogens is 647 g/mol. The van der Waals surface area contributed by atoms with Gasteiger partial charge in [-0.25, -0.2) is 14.6 Å². The molecule has 0 aliphatic carbocycles. The van der Waals surface area contributed by atoms with Gasteiger partial charge in [0, 0.05) is 41.9 Å². The summed E-state index contributed by atoms with van der Waals surface area (Å²) in [4.78, 5) is 16.4. The number of nitrogens with two attached hydrogens (primary N) is 2. The fourth-order valence-electron chi connectivity index (χ4n) is 4.16. The Labute approximate surface area is 293 Å². The first-order valence-electron chi connectivity index (χ1n) is 14.7. The molecule has 0 fully saturated rings. The minimum atomic E-state index is 0. The molecule has 0 unspecified atom stereocenters. The number of H-pyrrole nitrogens is 2. The summed E-state index contributed by atoms with van der Waals surface area (Å²) in [6, 6.07) is 20.2. The number of nitrogens with one attached hydrogen (secondary N) is 2. The number of allylic oxidation sites excluding steroid dienone is 1. The highest BCUT2D eigenvalue weighted by molar-refractivity contribution is 5.85. The molecule has 3 aromatic heterocycles. The highest BCUT2D eigenvalue weighted by atomic mass is 35.5. The first-order valence-corrected chi connectivity index (χ1v) is 14.7. The number of terminal acetylenes is 1. The van der Waals surface area contributed by atoms with Crippen molar-refractivity contribution in [1.82, 2.24) is 34.9 Å². The molecule has 0 radical (unpaired) electrons. The zero-order valence-corrected chi connectivity index (χ0v) is 28.7. The fourth-order valence-corrected chi connectivity index (χ4v) is 4.16. The maximum Gasteiger partial charge on any atom is 0.197 e. The Kier molecular flexibility index (Phi) is 19.4. The number of azide groups is 1. The molecule has 3 heterocycles. The smallest absolute Gasteiger partial charge is 0.197 e. The molecule has 2 aromatic carbocycles. The van der Waals surface area contributed by atoms with Crippen LogP contribution in [0.4, 0.5) is 11.9 Å². The molecule has 0 aliphatic heterocycles. The second-order valence-corrected chi connectivity index (χ2v) is 10.4. The van der Waals surface area contributed by atoms with Gasteiger partial charge in [-0.2, -0.15) is 0 Å². The van der Waals surface area contributed by atoms with E-state index in [1.54, 1.807) is 12.4 Å². The van der Waals surface area contributed by atoms with Crippen LogP contribution < -0.4 is 11.5 Å².